The molecule has 24 heavy (non-hydrogen) atoms. The van der Waals surface area contributed by atoms with Gasteiger partial charge >= 0.3 is 6.09 Å². The first kappa shape index (κ1) is 18.3. The summed E-state index contributed by atoms with van der Waals surface area (Å²) in [6, 6.07) is 7.88. The first-order valence-electron chi connectivity index (χ1n) is 7.74. The first-order valence-corrected chi connectivity index (χ1v) is 8.73. The van der Waals surface area contributed by atoms with Crippen molar-refractivity contribution >= 4 is 17.9 Å². The summed E-state index contributed by atoms with van der Waals surface area (Å²) in [6.45, 7) is 9.25. The Labute approximate surface area is 146 Å². The number of benzene rings is 1. The molecule has 1 N–H and O–H groups in total. The molecule has 0 aliphatic carbocycles. The second-order valence-corrected chi connectivity index (χ2v) is 7.47. The molecule has 0 unspecified atom stereocenters. The fraction of sp³-hybridized carbons (Fsp3) is 0.471. The van der Waals surface area contributed by atoms with Crippen molar-refractivity contribution in [1.29, 1.82) is 0 Å². The Morgan fingerprint density at radius 2 is 1.96 bits per heavy atom. The molecule has 6 nitrogen and oxygen atoms in total. The van der Waals surface area contributed by atoms with Gasteiger partial charge < -0.3 is 14.5 Å². The number of ether oxygens (including phenoxy) is 1. The van der Waals surface area contributed by atoms with Gasteiger partial charge in [-0.05, 0) is 40.2 Å². The number of thioether (sulfide) groups is 1. The van der Waals surface area contributed by atoms with Crippen LogP contribution in [0.3, 0.4) is 0 Å². The zero-order chi connectivity index (χ0) is 17.7. The maximum atomic E-state index is 11.8. The van der Waals surface area contributed by atoms with Crippen LogP contribution in [0.15, 0.2) is 33.9 Å². The molecule has 0 spiro atoms. The minimum atomic E-state index is -0.548. The molecule has 7 heteroatoms. The van der Waals surface area contributed by atoms with Crippen molar-refractivity contribution in [3.8, 4) is 0 Å². The van der Waals surface area contributed by atoms with Gasteiger partial charge in [0.1, 0.15) is 11.6 Å². The highest BCUT2D eigenvalue weighted by atomic mass is 32.2. The van der Waals surface area contributed by atoms with Crippen molar-refractivity contribution in [3.05, 3.63) is 41.3 Å². The topological polar surface area (TPSA) is 77.2 Å². The summed E-state index contributed by atoms with van der Waals surface area (Å²) in [5.74, 6) is 1.10. The number of carbonyl (C=O) groups excluding carboxylic acids is 1. The molecule has 1 aromatic heterocycles. The molecule has 1 aromatic carbocycles. The molecule has 0 saturated heterocycles. The zero-order valence-corrected chi connectivity index (χ0v) is 15.4. The molecular formula is C17H23N3O3S. The van der Waals surface area contributed by atoms with Crippen LogP contribution in [0.5, 0.6) is 0 Å². The lowest BCUT2D eigenvalue weighted by molar-refractivity contribution is 0.0500. The predicted octanol–water partition coefficient (Wildman–Crippen LogP) is 4.26. The van der Waals surface area contributed by atoms with Crippen molar-refractivity contribution in [2.45, 2.75) is 57.2 Å². The molecule has 1 amide bonds. The van der Waals surface area contributed by atoms with E-state index in [2.05, 4.69) is 46.7 Å². The largest absolute Gasteiger partial charge is 0.444 e. The number of rotatable bonds is 5. The summed E-state index contributed by atoms with van der Waals surface area (Å²) in [7, 11) is 0. The van der Waals surface area contributed by atoms with E-state index < -0.39 is 17.7 Å². The number of hydrogen-bond donors (Lipinski definition) is 1. The Balaban J connectivity index is 1.87. The number of aryl methyl sites for hydroxylation is 1. The lowest BCUT2D eigenvalue weighted by Gasteiger charge is -2.20. The van der Waals surface area contributed by atoms with E-state index in [0.29, 0.717) is 11.1 Å². The van der Waals surface area contributed by atoms with Crippen molar-refractivity contribution in [2.24, 2.45) is 0 Å². The first-order chi connectivity index (χ1) is 11.2. The SMILES string of the molecule is Cc1ccc(CSc2nnc([C@@H](C)NC(=O)OC(C)(C)C)o2)cc1. The molecule has 130 valence electrons. The summed E-state index contributed by atoms with van der Waals surface area (Å²) >= 11 is 1.46. The van der Waals surface area contributed by atoms with Crippen LogP contribution in [0.25, 0.3) is 0 Å². The number of hydrogen-bond acceptors (Lipinski definition) is 6. The quantitative estimate of drug-likeness (QED) is 0.813. The molecule has 2 aromatic rings. The molecule has 1 heterocycles. The van der Waals surface area contributed by atoms with E-state index >= 15 is 0 Å². The fourth-order valence-corrected chi connectivity index (χ4v) is 2.55. The van der Waals surface area contributed by atoms with Gasteiger partial charge in [0, 0.05) is 5.75 Å². The third-order valence-electron chi connectivity index (χ3n) is 3.01. The van der Waals surface area contributed by atoms with Crippen LogP contribution in [-0.4, -0.2) is 21.9 Å². The normalized spacial score (nSPS) is 12.7. The molecule has 2 rings (SSSR count). The van der Waals surface area contributed by atoms with E-state index in [1.54, 1.807) is 6.92 Å². The van der Waals surface area contributed by atoms with E-state index in [-0.39, 0.29) is 0 Å². The Bertz CT molecular complexity index is 677. The van der Waals surface area contributed by atoms with E-state index in [1.165, 1.54) is 22.9 Å². The Kier molecular flexibility index (Phi) is 5.88. The highest BCUT2D eigenvalue weighted by Crippen LogP contribution is 2.23. The third kappa shape index (κ3) is 5.88. The van der Waals surface area contributed by atoms with Gasteiger partial charge in [-0.3, -0.25) is 0 Å². The molecule has 0 saturated carbocycles. The van der Waals surface area contributed by atoms with Gasteiger partial charge in [-0.1, -0.05) is 41.6 Å². The second-order valence-electron chi connectivity index (χ2n) is 6.55. The minimum Gasteiger partial charge on any atom is -0.444 e. The number of alkyl carbamates (subject to hydrolysis) is 1. The zero-order valence-electron chi connectivity index (χ0n) is 14.6. The Hall–Kier alpha value is -2.02. The van der Waals surface area contributed by atoms with Crippen LogP contribution in [0, 0.1) is 6.92 Å². The van der Waals surface area contributed by atoms with Crippen LogP contribution >= 0.6 is 11.8 Å². The van der Waals surface area contributed by atoms with Crippen molar-refractivity contribution in [1.82, 2.24) is 15.5 Å². The maximum Gasteiger partial charge on any atom is 0.408 e. The summed E-state index contributed by atoms with van der Waals surface area (Å²) < 4.78 is 10.8. The standard InChI is InChI=1S/C17H23N3O3S/c1-11-6-8-13(9-7-11)10-24-16-20-19-14(22-16)12(2)18-15(21)23-17(3,4)5/h6-9,12H,10H2,1-5H3,(H,18,21)/t12-/m1/s1. The lowest BCUT2D eigenvalue weighted by atomic mass is 10.2. The van der Waals surface area contributed by atoms with Crippen LogP contribution in [0.2, 0.25) is 0 Å². The average molecular weight is 349 g/mol. The van der Waals surface area contributed by atoms with E-state index in [0.717, 1.165) is 5.75 Å². The van der Waals surface area contributed by atoms with Gasteiger partial charge in [-0.25, -0.2) is 4.79 Å². The number of nitrogens with zero attached hydrogens (tertiary/aromatic N) is 2. The second kappa shape index (κ2) is 7.70. The average Bonchev–Trinajstić information content (AvgIpc) is 2.93. The van der Waals surface area contributed by atoms with Gasteiger partial charge in [0.05, 0.1) is 0 Å². The molecular weight excluding hydrogens is 326 g/mol. The number of aromatic nitrogens is 2. The molecule has 0 bridgehead atoms. The summed E-state index contributed by atoms with van der Waals surface area (Å²) in [5, 5.41) is 11.1. The van der Waals surface area contributed by atoms with Crippen LogP contribution in [0.4, 0.5) is 4.79 Å². The van der Waals surface area contributed by atoms with Gasteiger partial charge in [0.25, 0.3) is 5.22 Å². The lowest BCUT2D eigenvalue weighted by Crippen LogP contribution is -2.34. The predicted molar refractivity (Wildman–Crippen MR) is 92.8 cm³/mol. The van der Waals surface area contributed by atoms with Crippen molar-refractivity contribution in [3.63, 3.8) is 0 Å². The van der Waals surface area contributed by atoms with E-state index in [9.17, 15) is 4.79 Å². The van der Waals surface area contributed by atoms with Crippen LogP contribution in [-0.2, 0) is 10.5 Å². The summed E-state index contributed by atoms with van der Waals surface area (Å²) in [6.07, 6.45) is -0.512. The smallest absolute Gasteiger partial charge is 0.408 e. The summed E-state index contributed by atoms with van der Waals surface area (Å²) in [4.78, 5) is 11.8. The Morgan fingerprint density at radius 1 is 1.29 bits per heavy atom. The van der Waals surface area contributed by atoms with Crippen LogP contribution in [0.1, 0.15) is 50.8 Å². The van der Waals surface area contributed by atoms with E-state index in [4.69, 9.17) is 9.15 Å². The molecule has 0 aliphatic rings. The van der Waals surface area contributed by atoms with Crippen molar-refractivity contribution < 1.29 is 13.9 Å². The minimum absolute atomic E-state index is 0.354. The third-order valence-corrected chi connectivity index (χ3v) is 3.90. The van der Waals surface area contributed by atoms with Crippen molar-refractivity contribution in [2.75, 3.05) is 0 Å². The molecule has 0 aliphatic heterocycles. The molecule has 0 radical (unpaired) electrons. The van der Waals surface area contributed by atoms with Gasteiger partial charge in [-0.15, -0.1) is 10.2 Å². The highest BCUT2D eigenvalue weighted by Gasteiger charge is 2.21. The molecule has 0 fully saturated rings. The Morgan fingerprint density at radius 3 is 2.58 bits per heavy atom. The van der Waals surface area contributed by atoms with Gasteiger partial charge in [-0.2, -0.15) is 0 Å². The number of carbonyl (C=O) groups is 1. The number of nitrogens with one attached hydrogen (secondary N) is 1. The number of amides is 1. The van der Waals surface area contributed by atoms with Crippen LogP contribution < -0.4 is 5.32 Å². The van der Waals surface area contributed by atoms with Gasteiger partial charge in [0.15, 0.2) is 0 Å². The van der Waals surface area contributed by atoms with E-state index in [1.807, 2.05) is 20.8 Å². The monoisotopic (exact) mass is 349 g/mol. The summed E-state index contributed by atoms with van der Waals surface area (Å²) in [5.41, 5.74) is 1.87. The molecule has 1 atom stereocenters. The fourth-order valence-electron chi connectivity index (χ4n) is 1.83. The van der Waals surface area contributed by atoms with Gasteiger partial charge in [0.2, 0.25) is 5.89 Å². The highest BCUT2D eigenvalue weighted by molar-refractivity contribution is 7.98. The maximum absolute atomic E-state index is 11.8.